The number of aromatic nitrogens is 2. The van der Waals surface area contributed by atoms with Crippen LogP contribution >= 0.6 is 24.0 Å². The fourth-order valence-corrected chi connectivity index (χ4v) is 2.68. The molecule has 0 radical (unpaired) electrons. The molecule has 1 unspecified atom stereocenters. The van der Waals surface area contributed by atoms with Crippen LogP contribution < -0.4 is 15.4 Å². The molecule has 0 bridgehead atoms. The van der Waals surface area contributed by atoms with Crippen molar-refractivity contribution in [2.75, 3.05) is 14.2 Å². The van der Waals surface area contributed by atoms with Crippen molar-refractivity contribution < 1.29 is 9.13 Å². The summed E-state index contributed by atoms with van der Waals surface area (Å²) in [6.07, 6.45) is 0. The van der Waals surface area contributed by atoms with Crippen molar-refractivity contribution in [3.8, 4) is 5.75 Å². The molecule has 26 heavy (non-hydrogen) atoms. The number of rotatable bonds is 5. The molecule has 0 fully saturated rings. The van der Waals surface area contributed by atoms with Crippen molar-refractivity contribution in [1.82, 2.24) is 20.4 Å². The molecule has 0 spiro atoms. The maximum Gasteiger partial charge on any atom is 0.191 e. The Morgan fingerprint density at radius 3 is 2.58 bits per heavy atom. The predicted molar refractivity (Wildman–Crippen MR) is 113 cm³/mol. The number of nitrogens with zero attached hydrogens (tertiary/aromatic N) is 3. The zero-order valence-corrected chi connectivity index (χ0v) is 18.4. The van der Waals surface area contributed by atoms with Crippen molar-refractivity contribution in [3.63, 3.8) is 0 Å². The van der Waals surface area contributed by atoms with E-state index in [1.807, 2.05) is 38.6 Å². The molecule has 6 nitrogen and oxygen atoms in total. The molecule has 1 aromatic carbocycles. The molecule has 0 saturated carbocycles. The van der Waals surface area contributed by atoms with Crippen molar-refractivity contribution in [2.45, 2.75) is 33.4 Å². The monoisotopic (exact) mass is 475 g/mol. The van der Waals surface area contributed by atoms with Gasteiger partial charge in [-0.05, 0) is 38.5 Å². The minimum absolute atomic E-state index is 0. The summed E-state index contributed by atoms with van der Waals surface area (Å²) in [6.45, 7) is 6.60. The van der Waals surface area contributed by atoms with Gasteiger partial charge in [-0.2, -0.15) is 5.10 Å². The Morgan fingerprint density at radius 2 is 2.08 bits per heavy atom. The number of nitrogens with one attached hydrogen (secondary N) is 2. The number of halogens is 2. The van der Waals surface area contributed by atoms with E-state index in [-0.39, 0.29) is 41.6 Å². The normalized spacial score (nSPS) is 12.3. The average Bonchev–Trinajstić information content (AvgIpc) is 2.83. The Bertz CT molecular complexity index is 775. The molecule has 1 aromatic heterocycles. The molecule has 1 heterocycles. The van der Waals surface area contributed by atoms with Crippen LogP contribution in [0.15, 0.2) is 23.2 Å². The van der Waals surface area contributed by atoms with E-state index in [1.165, 1.54) is 13.2 Å². The zero-order chi connectivity index (χ0) is 18.6. The predicted octanol–water partition coefficient (Wildman–Crippen LogP) is 3.23. The number of hydrogen-bond donors (Lipinski definition) is 2. The highest BCUT2D eigenvalue weighted by atomic mass is 127. The van der Waals surface area contributed by atoms with Crippen LogP contribution in [-0.4, -0.2) is 29.9 Å². The number of hydrogen-bond acceptors (Lipinski definition) is 3. The van der Waals surface area contributed by atoms with Crippen LogP contribution in [0.1, 0.15) is 35.5 Å². The summed E-state index contributed by atoms with van der Waals surface area (Å²) >= 11 is 0. The third-order valence-electron chi connectivity index (χ3n) is 4.34. The van der Waals surface area contributed by atoms with E-state index >= 15 is 0 Å². The molecule has 0 aliphatic rings. The molecule has 2 aromatic rings. The summed E-state index contributed by atoms with van der Waals surface area (Å²) in [7, 11) is 5.09. The van der Waals surface area contributed by atoms with E-state index in [0.717, 1.165) is 22.5 Å². The lowest BCUT2D eigenvalue weighted by Crippen LogP contribution is -2.38. The lowest BCUT2D eigenvalue weighted by Gasteiger charge is -2.19. The molecular weight excluding hydrogens is 448 g/mol. The molecule has 2 N–H and O–H groups in total. The van der Waals surface area contributed by atoms with E-state index in [0.29, 0.717) is 12.5 Å². The van der Waals surface area contributed by atoms with Crippen LogP contribution in [0.5, 0.6) is 5.75 Å². The van der Waals surface area contributed by atoms with Crippen molar-refractivity contribution in [1.29, 1.82) is 0 Å². The first-order valence-corrected chi connectivity index (χ1v) is 8.17. The van der Waals surface area contributed by atoms with Gasteiger partial charge in [0.25, 0.3) is 0 Å². The Labute approximate surface area is 171 Å². The zero-order valence-electron chi connectivity index (χ0n) is 16.1. The topological polar surface area (TPSA) is 63.5 Å². The minimum Gasteiger partial charge on any atom is -0.494 e. The maximum atomic E-state index is 13.9. The van der Waals surface area contributed by atoms with Gasteiger partial charge in [0.15, 0.2) is 17.5 Å². The largest absolute Gasteiger partial charge is 0.494 e. The van der Waals surface area contributed by atoms with Gasteiger partial charge in [0, 0.05) is 31.9 Å². The van der Waals surface area contributed by atoms with Crippen molar-refractivity contribution in [2.24, 2.45) is 12.0 Å². The average molecular weight is 475 g/mol. The van der Waals surface area contributed by atoms with Gasteiger partial charge in [-0.3, -0.25) is 9.67 Å². The van der Waals surface area contributed by atoms with Crippen LogP contribution in [0.3, 0.4) is 0 Å². The van der Waals surface area contributed by atoms with Gasteiger partial charge in [0.05, 0.1) is 18.8 Å². The standard InChI is InChI=1S/C18H26FN5O.HI/c1-11(14-7-8-17(25-6)16(19)9-14)22-18(20-4)21-10-15-12(2)23-24(5)13(15)3;/h7-9,11H,10H2,1-6H3,(H2,20,21,22);1H. The molecule has 8 heteroatoms. The number of methoxy groups -OCH3 is 1. The Morgan fingerprint density at radius 1 is 1.38 bits per heavy atom. The van der Waals surface area contributed by atoms with Gasteiger partial charge >= 0.3 is 0 Å². The van der Waals surface area contributed by atoms with Crippen molar-refractivity contribution >= 4 is 29.9 Å². The maximum absolute atomic E-state index is 13.9. The van der Waals surface area contributed by atoms with Gasteiger partial charge in [-0.25, -0.2) is 4.39 Å². The lowest BCUT2D eigenvalue weighted by molar-refractivity contribution is 0.386. The summed E-state index contributed by atoms with van der Waals surface area (Å²) in [5.41, 5.74) is 4.07. The summed E-state index contributed by atoms with van der Waals surface area (Å²) in [4.78, 5) is 4.24. The molecule has 0 saturated heterocycles. The fourth-order valence-electron chi connectivity index (χ4n) is 2.68. The third kappa shape index (κ3) is 5.09. The molecule has 0 aliphatic heterocycles. The van der Waals surface area contributed by atoms with Crippen LogP contribution in [0.2, 0.25) is 0 Å². The molecular formula is C18H27FIN5O. The molecule has 0 aliphatic carbocycles. The second-order valence-electron chi connectivity index (χ2n) is 5.96. The van der Waals surface area contributed by atoms with Gasteiger partial charge in [0.2, 0.25) is 0 Å². The molecule has 144 valence electrons. The summed E-state index contributed by atoms with van der Waals surface area (Å²) in [5, 5.41) is 11.0. The molecule has 0 amide bonds. The third-order valence-corrected chi connectivity index (χ3v) is 4.34. The van der Waals surface area contributed by atoms with Gasteiger partial charge in [-0.15, -0.1) is 24.0 Å². The van der Waals surface area contributed by atoms with Crippen LogP contribution in [0.25, 0.3) is 0 Å². The van der Waals surface area contributed by atoms with Gasteiger partial charge in [-0.1, -0.05) is 6.07 Å². The van der Waals surface area contributed by atoms with E-state index in [2.05, 4.69) is 20.7 Å². The van der Waals surface area contributed by atoms with E-state index in [9.17, 15) is 4.39 Å². The number of aliphatic imine (C=N–C) groups is 1. The van der Waals surface area contributed by atoms with E-state index in [4.69, 9.17) is 4.74 Å². The van der Waals surface area contributed by atoms with E-state index in [1.54, 1.807) is 13.1 Å². The molecule has 2 rings (SSSR count). The highest BCUT2D eigenvalue weighted by Crippen LogP contribution is 2.21. The second kappa shape index (κ2) is 9.75. The van der Waals surface area contributed by atoms with Crippen LogP contribution in [0, 0.1) is 19.7 Å². The fraction of sp³-hybridized carbons (Fsp3) is 0.444. The number of benzene rings is 1. The van der Waals surface area contributed by atoms with Gasteiger partial charge in [0.1, 0.15) is 0 Å². The highest BCUT2D eigenvalue weighted by molar-refractivity contribution is 14.0. The Kier molecular flexibility index (Phi) is 8.32. The second-order valence-corrected chi connectivity index (χ2v) is 5.96. The first kappa shape index (κ1) is 22.2. The first-order valence-electron chi connectivity index (χ1n) is 8.17. The number of ether oxygens (including phenoxy) is 1. The minimum atomic E-state index is -0.377. The van der Waals surface area contributed by atoms with Gasteiger partial charge < -0.3 is 15.4 Å². The SMILES string of the molecule is CN=C(NCc1c(C)nn(C)c1C)NC(C)c1ccc(OC)c(F)c1.I. The number of aryl methyl sites for hydroxylation is 2. The quantitative estimate of drug-likeness (QED) is 0.396. The summed E-state index contributed by atoms with van der Waals surface area (Å²) in [5.74, 6) is 0.505. The van der Waals surface area contributed by atoms with Crippen LogP contribution in [-0.2, 0) is 13.6 Å². The van der Waals surface area contributed by atoms with Crippen LogP contribution in [0.4, 0.5) is 4.39 Å². The lowest BCUT2D eigenvalue weighted by atomic mass is 10.1. The number of guanidine groups is 1. The Hall–Kier alpha value is -1.84. The summed E-state index contributed by atoms with van der Waals surface area (Å²) in [6, 6.07) is 4.82. The smallest absolute Gasteiger partial charge is 0.191 e. The first-order chi connectivity index (χ1) is 11.9. The van der Waals surface area contributed by atoms with Crippen molar-refractivity contribution in [3.05, 3.63) is 46.5 Å². The van der Waals surface area contributed by atoms with E-state index < -0.39 is 0 Å². The highest BCUT2D eigenvalue weighted by Gasteiger charge is 2.13. The Balaban J connectivity index is 0.00000338. The summed E-state index contributed by atoms with van der Waals surface area (Å²) < 4.78 is 20.7. The molecule has 1 atom stereocenters.